The Bertz CT molecular complexity index is 498. The number of β-amino-alcohol motifs (C(OH)–C–C–N with tert-alkyl or cyclic N) is 1. The zero-order chi connectivity index (χ0) is 14.7. The van der Waals surface area contributed by atoms with Gasteiger partial charge in [0.15, 0.2) is 0 Å². The van der Waals surface area contributed by atoms with E-state index in [4.69, 9.17) is 0 Å². The molecule has 8 heteroatoms. The van der Waals surface area contributed by atoms with Crippen molar-refractivity contribution in [3.05, 3.63) is 33.9 Å². The second kappa shape index (κ2) is 6.10. The lowest BCUT2D eigenvalue weighted by Gasteiger charge is -2.17. The van der Waals surface area contributed by atoms with Crippen LogP contribution in [0.4, 0.5) is 14.5 Å². The van der Waals surface area contributed by atoms with Crippen molar-refractivity contribution >= 4 is 5.69 Å². The van der Waals surface area contributed by atoms with E-state index in [-0.39, 0.29) is 18.0 Å². The number of alkyl halides is 2. The molecule has 0 bridgehead atoms. The number of ether oxygens (including phenoxy) is 1. The number of nitro groups is 1. The summed E-state index contributed by atoms with van der Waals surface area (Å²) in [6.45, 7) is -1.74. The maximum Gasteiger partial charge on any atom is 0.387 e. The number of likely N-dealkylation sites (tertiary alicyclic amines) is 1. The van der Waals surface area contributed by atoms with Gasteiger partial charge in [0.25, 0.3) is 5.69 Å². The van der Waals surface area contributed by atoms with E-state index in [0.717, 1.165) is 6.07 Å². The van der Waals surface area contributed by atoms with E-state index in [2.05, 4.69) is 4.74 Å². The highest BCUT2D eigenvalue weighted by molar-refractivity contribution is 5.43. The van der Waals surface area contributed by atoms with Crippen molar-refractivity contribution in [3.63, 3.8) is 0 Å². The average molecular weight is 288 g/mol. The summed E-state index contributed by atoms with van der Waals surface area (Å²) in [4.78, 5) is 12.0. The molecule has 1 aromatic rings. The second-order valence-corrected chi connectivity index (χ2v) is 4.61. The van der Waals surface area contributed by atoms with Gasteiger partial charge in [-0.15, -0.1) is 0 Å². The molecule has 6 nitrogen and oxygen atoms in total. The van der Waals surface area contributed by atoms with Crippen molar-refractivity contribution < 1.29 is 23.5 Å². The van der Waals surface area contributed by atoms with Crippen LogP contribution in [0.5, 0.6) is 5.75 Å². The molecule has 0 aliphatic carbocycles. The summed E-state index contributed by atoms with van der Waals surface area (Å²) in [5.74, 6) is -0.0769. The molecule has 1 aliphatic rings. The lowest BCUT2D eigenvalue weighted by Crippen LogP contribution is -2.22. The molecule has 1 N–H and O–H groups in total. The number of hydrogen-bond acceptors (Lipinski definition) is 5. The van der Waals surface area contributed by atoms with Crippen LogP contribution in [0.2, 0.25) is 0 Å². The first-order valence-electron chi connectivity index (χ1n) is 6.08. The van der Waals surface area contributed by atoms with Crippen molar-refractivity contribution in [3.8, 4) is 5.75 Å². The molecular formula is C12H14F2N2O4. The lowest BCUT2D eigenvalue weighted by atomic mass is 10.1. The van der Waals surface area contributed by atoms with Gasteiger partial charge in [-0.1, -0.05) is 0 Å². The number of benzene rings is 1. The monoisotopic (exact) mass is 288 g/mol. The van der Waals surface area contributed by atoms with Crippen LogP contribution in [0.25, 0.3) is 0 Å². The highest BCUT2D eigenvalue weighted by Crippen LogP contribution is 2.28. The molecule has 0 unspecified atom stereocenters. The van der Waals surface area contributed by atoms with E-state index in [1.165, 1.54) is 12.1 Å². The fourth-order valence-electron chi connectivity index (χ4n) is 2.21. The maximum atomic E-state index is 12.3. The quantitative estimate of drug-likeness (QED) is 0.660. The SMILES string of the molecule is O=[N+]([O-])c1ccc(OC(F)F)c(CN2CC[C@@H](O)C2)c1. The molecule has 1 fully saturated rings. The third-order valence-electron chi connectivity index (χ3n) is 3.11. The van der Waals surface area contributed by atoms with Crippen LogP contribution in [0.3, 0.4) is 0 Å². The summed E-state index contributed by atoms with van der Waals surface area (Å²) in [6.07, 6.45) is 0.146. The van der Waals surface area contributed by atoms with Crippen LogP contribution < -0.4 is 4.74 Å². The summed E-state index contributed by atoms with van der Waals surface area (Å²) in [5.41, 5.74) is 0.134. The average Bonchev–Trinajstić information content (AvgIpc) is 2.76. The molecular weight excluding hydrogens is 274 g/mol. The van der Waals surface area contributed by atoms with Gasteiger partial charge in [0.05, 0.1) is 11.0 Å². The molecule has 1 aliphatic heterocycles. The molecule has 0 amide bonds. The van der Waals surface area contributed by atoms with E-state index in [1.807, 2.05) is 4.90 Å². The van der Waals surface area contributed by atoms with Gasteiger partial charge in [-0.25, -0.2) is 0 Å². The molecule has 1 atom stereocenters. The molecule has 110 valence electrons. The predicted molar refractivity (Wildman–Crippen MR) is 65.6 cm³/mol. The van der Waals surface area contributed by atoms with Gasteiger partial charge < -0.3 is 9.84 Å². The topological polar surface area (TPSA) is 75.8 Å². The van der Waals surface area contributed by atoms with Crippen LogP contribution in [-0.4, -0.2) is 40.7 Å². The van der Waals surface area contributed by atoms with E-state index < -0.39 is 17.6 Å². The van der Waals surface area contributed by atoms with Crippen LogP contribution in [-0.2, 0) is 6.54 Å². The predicted octanol–water partition coefficient (Wildman–Crippen LogP) is 1.76. The summed E-state index contributed by atoms with van der Waals surface area (Å²) in [6, 6.07) is 3.52. The third kappa shape index (κ3) is 3.61. The Kier molecular flexibility index (Phi) is 4.46. The number of rotatable bonds is 5. The molecule has 0 spiro atoms. The number of hydrogen-bond donors (Lipinski definition) is 1. The standard InChI is InChI=1S/C12H14F2N2O4/c13-12(14)20-11-2-1-9(16(18)19)5-8(11)6-15-4-3-10(17)7-15/h1-2,5,10,12,17H,3-4,6-7H2/t10-/m1/s1. The summed E-state index contributed by atoms with van der Waals surface area (Å²) >= 11 is 0. The minimum Gasteiger partial charge on any atom is -0.434 e. The Labute approximate surface area is 113 Å². The first-order chi connectivity index (χ1) is 9.45. The Morgan fingerprint density at radius 1 is 1.55 bits per heavy atom. The van der Waals surface area contributed by atoms with Crippen LogP contribution in [0, 0.1) is 10.1 Å². The van der Waals surface area contributed by atoms with Crippen LogP contribution in [0.15, 0.2) is 18.2 Å². The van der Waals surface area contributed by atoms with Gasteiger partial charge in [0.1, 0.15) is 5.75 Å². The number of halogens is 2. The minimum absolute atomic E-state index is 0.0769. The van der Waals surface area contributed by atoms with E-state index >= 15 is 0 Å². The molecule has 20 heavy (non-hydrogen) atoms. The van der Waals surface area contributed by atoms with Crippen LogP contribution in [0.1, 0.15) is 12.0 Å². The maximum absolute atomic E-state index is 12.3. The van der Waals surface area contributed by atoms with Gasteiger partial charge in [0.2, 0.25) is 0 Å². The van der Waals surface area contributed by atoms with Gasteiger partial charge in [-0.05, 0) is 12.5 Å². The molecule has 0 aromatic heterocycles. The summed E-state index contributed by atoms with van der Waals surface area (Å²) < 4.78 is 29.0. The Hall–Kier alpha value is -1.80. The first-order valence-corrected chi connectivity index (χ1v) is 6.08. The summed E-state index contributed by atoms with van der Waals surface area (Å²) in [7, 11) is 0. The highest BCUT2D eigenvalue weighted by Gasteiger charge is 2.23. The van der Waals surface area contributed by atoms with Crippen molar-refractivity contribution in [2.45, 2.75) is 25.7 Å². The zero-order valence-electron chi connectivity index (χ0n) is 10.5. The minimum atomic E-state index is -2.99. The van der Waals surface area contributed by atoms with Gasteiger partial charge in [-0.2, -0.15) is 8.78 Å². The fraction of sp³-hybridized carbons (Fsp3) is 0.500. The number of non-ortho nitro benzene ring substituents is 1. The first kappa shape index (κ1) is 14.6. The largest absolute Gasteiger partial charge is 0.434 e. The van der Waals surface area contributed by atoms with Gasteiger partial charge in [-0.3, -0.25) is 15.0 Å². The lowest BCUT2D eigenvalue weighted by molar-refractivity contribution is -0.385. The number of nitrogens with zero attached hydrogens (tertiary/aromatic N) is 2. The molecule has 1 heterocycles. The smallest absolute Gasteiger partial charge is 0.387 e. The van der Waals surface area contributed by atoms with E-state index in [0.29, 0.717) is 25.1 Å². The Balaban J connectivity index is 2.21. The number of nitro benzene ring substituents is 1. The third-order valence-corrected chi connectivity index (χ3v) is 3.11. The molecule has 1 aromatic carbocycles. The normalized spacial score (nSPS) is 19.5. The van der Waals surface area contributed by atoms with Crippen molar-refractivity contribution in [1.82, 2.24) is 4.90 Å². The van der Waals surface area contributed by atoms with Crippen molar-refractivity contribution in [2.75, 3.05) is 13.1 Å². The van der Waals surface area contributed by atoms with Gasteiger partial charge in [0, 0.05) is 37.3 Å². The number of aliphatic hydroxyl groups excluding tert-OH is 1. The molecule has 0 radical (unpaired) electrons. The highest BCUT2D eigenvalue weighted by atomic mass is 19.3. The Morgan fingerprint density at radius 3 is 2.85 bits per heavy atom. The van der Waals surface area contributed by atoms with Crippen molar-refractivity contribution in [1.29, 1.82) is 0 Å². The van der Waals surface area contributed by atoms with Gasteiger partial charge >= 0.3 is 6.61 Å². The van der Waals surface area contributed by atoms with E-state index in [1.54, 1.807) is 0 Å². The number of aliphatic hydroxyl groups is 1. The zero-order valence-corrected chi connectivity index (χ0v) is 10.5. The molecule has 1 saturated heterocycles. The van der Waals surface area contributed by atoms with Crippen LogP contribution >= 0.6 is 0 Å². The fourth-order valence-corrected chi connectivity index (χ4v) is 2.21. The molecule has 2 rings (SSSR count). The van der Waals surface area contributed by atoms with E-state index in [9.17, 15) is 24.0 Å². The second-order valence-electron chi connectivity index (χ2n) is 4.61. The molecule has 0 saturated carbocycles. The summed E-state index contributed by atoms with van der Waals surface area (Å²) in [5, 5.41) is 20.2. The van der Waals surface area contributed by atoms with Crippen molar-refractivity contribution in [2.24, 2.45) is 0 Å². The Morgan fingerprint density at radius 2 is 2.30 bits per heavy atom.